The van der Waals surface area contributed by atoms with E-state index in [1.165, 1.54) is 22.2 Å². The number of fused-ring (bicyclic) bond motifs is 4. The molecule has 1 saturated heterocycles. The van der Waals surface area contributed by atoms with E-state index in [2.05, 4.69) is 46.4 Å². The van der Waals surface area contributed by atoms with Gasteiger partial charge in [-0.25, -0.2) is 9.38 Å². The van der Waals surface area contributed by atoms with Gasteiger partial charge >= 0.3 is 0 Å². The molecule has 27 heavy (non-hydrogen) atoms. The summed E-state index contributed by atoms with van der Waals surface area (Å²) in [7, 11) is 2.15. The maximum absolute atomic E-state index is 13.8. The van der Waals surface area contributed by atoms with Crippen molar-refractivity contribution in [2.75, 3.05) is 38.5 Å². The second-order valence-corrected chi connectivity index (χ2v) is 7.87. The van der Waals surface area contributed by atoms with Crippen LogP contribution in [0.2, 0.25) is 0 Å². The van der Waals surface area contributed by atoms with Crippen LogP contribution in [0.4, 0.5) is 20.8 Å². The number of benzene rings is 2. The molecule has 1 fully saturated rings. The summed E-state index contributed by atoms with van der Waals surface area (Å²) in [6, 6.07) is 13.2. The topological polar surface area (TPSA) is 30.9 Å². The van der Waals surface area contributed by atoms with E-state index in [4.69, 9.17) is 4.99 Å². The number of hydrogen-bond donors (Lipinski definition) is 1. The summed E-state index contributed by atoms with van der Waals surface area (Å²) in [6.07, 6.45) is 0. The molecule has 5 rings (SSSR count). The molecule has 3 heterocycles. The molecule has 7 heteroatoms. The third-order valence-electron chi connectivity index (χ3n) is 5.06. The lowest BCUT2D eigenvalue weighted by atomic mass is 10.1. The Morgan fingerprint density at radius 2 is 1.85 bits per heavy atom. The molecule has 0 spiro atoms. The predicted molar refractivity (Wildman–Crippen MR) is 114 cm³/mol. The van der Waals surface area contributed by atoms with Crippen molar-refractivity contribution in [3.63, 3.8) is 0 Å². The summed E-state index contributed by atoms with van der Waals surface area (Å²) in [5, 5.41) is 5.67. The molecule has 3 aromatic rings. The Kier molecular flexibility index (Phi) is 4.80. The minimum absolute atomic E-state index is 0. The van der Waals surface area contributed by atoms with Gasteiger partial charge in [-0.3, -0.25) is 0 Å². The zero-order valence-corrected chi connectivity index (χ0v) is 16.5. The molecule has 140 valence electrons. The molecule has 2 aliphatic rings. The Hall–Kier alpha value is -2.15. The number of amidine groups is 1. The van der Waals surface area contributed by atoms with Gasteiger partial charge in [0.15, 0.2) is 0 Å². The fourth-order valence-electron chi connectivity index (χ4n) is 3.60. The van der Waals surface area contributed by atoms with E-state index in [0.29, 0.717) is 0 Å². The number of nitrogens with zero attached hydrogens (tertiary/aromatic N) is 3. The molecule has 0 aliphatic carbocycles. The maximum Gasteiger partial charge on any atom is 0.140 e. The second-order valence-electron chi connectivity index (χ2n) is 6.81. The molecule has 2 aliphatic heterocycles. The van der Waals surface area contributed by atoms with E-state index < -0.39 is 0 Å². The van der Waals surface area contributed by atoms with Gasteiger partial charge < -0.3 is 15.1 Å². The molecule has 0 bridgehead atoms. The second kappa shape index (κ2) is 7.11. The van der Waals surface area contributed by atoms with Gasteiger partial charge in [0.1, 0.15) is 16.7 Å². The van der Waals surface area contributed by atoms with Crippen LogP contribution in [0.25, 0.3) is 10.1 Å². The molecule has 4 nitrogen and oxygen atoms in total. The summed E-state index contributed by atoms with van der Waals surface area (Å²) in [5.74, 6) is 0.737. The third kappa shape index (κ3) is 3.18. The Balaban J connectivity index is 0.00000180. The number of thiophene rings is 1. The highest BCUT2D eigenvalue weighted by atomic mass is 35.5. The standard InChI is InChI=1S/C20H19FN4S.ClH/c1-24-8-10-25(11-9-24)19-18-14-4-2-3-5-17(14)26-20(18)23-16-12-13(21)6-7-15(16)22-19;/h2-7,12,23H,8-11H2,1H3;1H. The molecule has 0 radical (unpaired) electrons. The summed E-state index contributed by atoms with van der Waals surface area (Å²) >= 11 is 1.70. The number of piperazine rings is 1. The number of halogens is 2. The highest BCUT2D eigenvalue weighted by molar-refractivity contribution is 7.23. The van der Waals surface area contributed by atoms with Gasteiger partial charge in [-0.05, 0) is 31.3 Å². The number of rotatable bonds is 0. The van der Waals surface area contributed by atoms with Crippen molar-refractivity contribution in [2.45, 2.75) is 0 Å². The van der Waals surface area contributed by atoms with Crippen molar-refractivity contribution in [1.29, 1.82) is 0 Å². The lowest BCUT2D eigenvalue weighted by Crippen LogP contribution is -2.47. The largest absolute Gasteiger partial charge is 0.353 e. The van der Waals surface area contributed by atoms with Crippen LogP contribution >= 0.6 is 23.7 Å². The maximum atomic E-state index is 13.8. The van der Waals surface area contributed by atoms with Crippen LogP contribution in [0.1, 0.15) is 5.56 Å². The predicted octanol–water partition coefficient (Wildman–Crippen LogP) is 4.84. The van der Waals surface area contributed by atoms with Gasteiger partial charge in [0.05, 0.1) is 16.9 Å². The molecule has 0 saturated carbocycles. The third-order valence-corrected chi connectivity index (χ3v) is 6.14. The van der Waals surface area contributed by atoms with Gasteiger partial charge in [0.25, 0.3) is 0 Å². The number of likely N-dealkylation sites (N-methyl/N-ethyl adjacent to an activating group) is 1. The van der Waals surface area contributed by atoms with Gasteiger partial charge in [-0.1, -0.05) is 18.2 Å². The van der Waals surface area contributed by atoms with Gasteiger partial charge in [0.2, 0.25) is 0 Å². The molecule has 0 unspecified atom stereocenters. The number of nitrogens with one attached hydrogen (secondary N) is 1. The summed E-state index contributed by atoms with van der Waals surface area (Å²) < 4.78 is 15.0. The molecule has 0 amide bonds. The van der Waals surface area contributed by atoms with Crippen molar-refractivity contribution in [3.8, 4) is 0 Å². The first-order valence-corrected chi connectivity index (χ1v) is 9.61. The molecule has 1 aromatic heterocycles. The van der Waals surface area contributed by atoms with E-state index in [0.717, 1.165) is 54.0 Å². The Labute approximate surface area is 167 Å². The first kappa shape index (κ1) is 18.2. The fourth-order valence-corrected chi connectivity index (χ4v) is 4.71. The molecule has 2 aromatic carbocycles. The summed E-state index contributed by atoms with van der Waals surface area (Å²) in [4.78, 5) is 9.69. The van der Waals surface area contributed by atoms with Crippen LogP contribution in [0, 0.1) is 5.82 Å². The van der Waals surface area contributed by atoms with Crippen LogP contribution in [0.3, 0.4) is 0 Å². The molecular weight excluding hydrogens is 383 g/mol. The number of aliphatic imine (C=N–C) groups is 1. The van der Waals surface area contributed by atoms with Crippen molar-refractivity contribution >= 4 is 56.0 Å². The van der Waals surface area contributed by atoms with E-state index in [1.807, 2.05) is 0 Å². The first-order chi connectivity index (χ1) is 12.7. The van der Waals surface area contributed by atoms with Crippen molar-refractivity contribution < 1.29 is 4.39 Å². The zero-order chi connectivity index (χ0) is 17.7. The van der Waals surface area contributed by atoms with Gasteiger partial charge in [0, 0.05) is 36.3 Å². The van der Waals surface area contributed by atoms with E-state index >= 15 is 0 Å². The van der Waals surface area contributed by atoms with Crippen LogP contribution in [-0.4, -0.2) is 48.9 Å². The van der Waals surface area contributed by atoms with Gasteiger partial charge in [-0.2, -0.15) is 0 Å². The Bertz CT molecular complexity index is 1020. The minimum atomic E-state index is -0.253. The molecular formula is C20H20ClFN4S. The Morgan fingerprint density at radius 3 is 2.67 bits per heavy atom. The van der Waals surface area contributed by atoms with E-state index in [1.54, 1.807) is 17.4 Å². The van der Waals surface area contributed by atoms with Crippen LogP contribution < -0.4 is 5.32 Å². The Morgan fingerprint density at radius 1 is 1.07 bits per heavy atom. The summed E-state index contributed by atoms with van der Waals surface area (Å²) in [5.41, 5.74) is 2.64. The normalized spacial score (nSPS) is 16.7. The first-order valence-electron chi connectivity index (χ1n) is 8.80. The van der Waals surface area contributed by atoms with Crippen LogP contribution in [0.5, 0.6) is 0 Å². The van der Waals surface area contributed by atoms with Gasteiger partial charge in [-0.15, -0.1) is 23.7 Å². The van der Waals surface area contributed by atoms with Crippen molar-refractivity contribution in [2.24, 2.45) is 4.99 Å². The summed E-state index contributed by atoms with van der Waals surface area (Å²) in [6.45, 7) is 3.91. The smallest absolute Gasteiger partial charge is 0.140 e. The fraction of sp³-hybridized carbons (Fsp3) is 0.250. The molecule has 1 N–H and O–H groups in total. The average Bonchev–Trinajstić information content (AvgIpc) is 2.92. The van der Waals surface area contributed by atoms with Crippen LogP contribution in [0.15, 0.2) is 47.5 Å². The van der Waals surface area contributed by atoms with Crippen molar-refractivity contribution in [3.05, 3.63) is 53.8 Å². The lowest BCUT2D eigenvalue weighted by Gasteiger charge is -2.34. The number of anilines is 2. The highest BCUT2D eigenvalue weighted by Crippen LogP contribution is 2.43. The minimum Gasteiger partial charge on any atom is -0.353 e. The highest BCUT2D eigenvalue weighted by Gasteiger charge is 2.27. The number of hydrogen-bond acceptors (Lipinski definition) is 5. The van der Waals surface area contributed by atoms with Crippen molar-refractivity contribution in [1.82, 2.24) is 9.80 Å². The SMILES string of the molecule is CN1CCN(C2=Nc3ccc(F)cc3Nc3sc4ccccc4c32)CC1.Cl. The van der Waals surface area contributed by atoms with E-state index in [-0.39, 0.29) is 18.2 Å². The zero-order valence-electron chi connectivity index (χ0n) is 14.9. The van der Waals surface area contributed by atoms with E-state index in [9.17, 15) is 4.39 Å². The monoisotopic (exact) mass is 402 g/mol. The lowest BCUT2D eigenvalue weighted by molar-refractivity contribution is 0.216. The average molecular weight is 403 g/mol. The molecule has 0 atom stereocenters. The van der Waals surface area contributed by atoms with Crippen LogP contribution in [-0.2, 0) is 0 Å². The quantitative estimate of drug-likeness (QED) is 0.583.